The summed E-state index contributed by atoms with van der Waals surface area (Å²) in [6.45, 7) is 2.55. The second-order valence-electron chi connectivity index (χ2n) is 4.09. The van der Waals surface area contributed by atoms with Crippen molar-refractivity contribution in [2.75, 3.05) is 6.61 Å². The zero-order chi connectivity index (χ0) is 14.4. The van der Waals surface area contributed by atoms with E-state index in [-0.39, 0.29) is 0 Å². The summed E-state index contributed by atoms with van der Waals surface area (Å²) in [5.41, 5.74) is 8.54. The highest BCUT2D eigenvalue weighted by molar-refractivity contribution is 5.95. The molecular weight excluding hydrogens is 250 g/mol. The van der Waals surface area contributed by atoms with Crippen molar-refractivity contribution in [2.24, 2.45) is 5.73 Å². The molecule has 20 heavy (non-hydrogen) atoms. The van der Waals surface area contributed by atoms with Gasteiger partial charge in [-0.3, -0.25) is 4.98 Å². The van der Waals surface area contributed by atoms with Crippen LogP contribution in [0.1, 0.15) is 18.1 Å². The Balaban J connectivity index is 2.39. The van der Waals surface area contributed by atoms with Crippen molar-refractivity contribution >= 4 is 11.3 Å². The van der Waals surface area contributed by atoms with Crippen molar-refractivity contribution in [2.45, 2.75) is 6.92 Å². The molecule has 0 bridgehead atoms. The van der Waals surface area contributed by atoms with Gasteiger partial charge in [0.1, 0.15) is 11.8 Å². The van der Waals surface area contributed by atoms with Gasteiger partial charge >= 0.3 is 0 Å². The Bertz CT molecular complexity index is 640. The Labute approximate surface area is 118 Å². The van der Waals surface area contributed by atoms with E-state index in [0.717, 1.165) is 16.9 Å². The molecule has 0 saturated heterocycles. The third-order valence-electron chi connectivity index (χ3n) is 2.83. The molecule has 4 heteroatoms. The first-order valence-corrected chi connectivity index (χ1v) is 6.29. The SMILES string of the molecule is CCOc1ccc(/C(N)=C(/C#N)c2ccncc2)cc1. The molecule has 0 atom stereocenters. The molecule has 0 aliphatic carbocycles. The molecule has 0 saturated carbocycles. The smallest absolute Gasteiger partial charge is 0.119 e. The predicted octanol–water partition coefficient (Wildman–Crippen LogP) is 2.83. The van der Waals surface area contributed by atoms with Gasteiger partial charge in [0.2, 0.25) is 0 Å². The van der Waals surface area contributed by atoms with E-state index in [9.17, 15) is 5.26 Å². The first-order valence-electron chi connectivity index (χ1n) is 6.29. The Morgan fingerprint density at radius 2 is 1.80 bits per heavy atom. The lowest BCUT2D eigenvalue weighted by molar-refractivity contribution is 0.340. The van der Waals surface area contributed by atoms with E-state index in [4.69, 9.17) is 10.5 Å². The summed E-state index contributed by atoms with van der Waals surface area (Å²) in [7, 11) is 0. The van der Waals surface area contributed by atoms with Crippen molar-refractivity contribution in [3.05, 3.63) is 59.9 Å². The molecule has 0 amide bonds. The zero-order valence-corrected chi connectivity index (χ0v) is 11.2. The van der Waals surface area contributed by atoms with Gasteiger partial charge < -0.3 is 10.5 Å². The molecule has 0 fully saturated rings. The van der Waals surface area contributed by atoms with Crippen molar-refractivity contribution in [1.82, 2.24) is 4.98 Å². The monoisotopic (exact) mass is 265 g/mol. The maximum atomic E-state index is 9.32. The van der Waals surface area contributed by atoms with Crippen LogP contribution in [0, 0.1) is 11.3 Å². The van der Waals surface area contributed by atoms with Gasteiger partial charge in [0, 0.05) is 12.4 Å². The third-order valence-corrected chi connectivity index (χ3v) is 2.83. The molecule has 1 aromatic heterocycles. The topological polar surface area (TPSA) is 71.9 Å². The fraction of sp³-hybridized carbons (Fsp3) is 0.125. The van der Waals surface area contributed by atoms with Crippen LogP contribution in [-0.4, -0.2) is 11.6 Å². The van der Waals surface area contributed by atoms with Crippen LogP contribution >= 0.6 is 0 Å². The Hall–Kier alpha value is -2.80. The maximum absolute atomic E-state index is 9.32. The lowest BCUT2D eigenvalue weighted by Gasteiger charge is -2.08. The van der Waals surface area contributed by atoms with E-state index in [0.29, 0.717) is 17.9 Å². The quantitative estimate of drug-likeness (QED) is 0.863. The second kappa shape index (κ2) is 6.39. The van der Waals surface area contributed by atoms with Crippen LogP contribution < -0.4 is 10.5 Å². The molecule has 0 unspecified atom stereocenters. The molecule has 2 N–H and O–H groups in total. The molecule has 0 spiro atoms. The van der Waals surface area contributed by atoms with Gasteiger partial charge in [-0.15, -0.1) is 0 Å². The number of hydrogen-bond acceptors (Lipinski definition) is 4. The van der Waals surface area contributed by atoms with E-state index in [1.54, 1.807) is 24.5 Å². The minimum atomic E-state index is 0.441. The van der Waals surface area contributed by atoms with E-state index in [1.807, 2.05) is 31.2 Å². The molecule has 0 radical (unpaired) electrons. The van der Waals surface area contributed by atoms with Crippen LogP contribution in [0.5, 0.6) is 5.75 Å². The van der Waals surface area contributed by atoms with E-state index >= 15 is 0 Å². The first-order chi connectivity index (χ1) is 9.76. The zero-order valence-electron chi connectivity index (χ0n) is 11.2. The number of aromatic nitrogens is 1. The van der Waals surface area contributed by atoms with Crippen LogP contribution in [0.25, 0.3) is 11.3 Å². The molecule has 2 rings (SSSR count). The number of allylic oxidation sites excluding steroid dienone is 1. The Kier molecular flexibility index (Phi) is 4.35. The summed E-state index contributed by atoms with van der Waals surface area (Å²) in [6, 6.07) is 13.1. The molecular formula is C16H15N3O. The molecule has 0 aliphatic rings. The number of pyridine rings is 1. The highest BCUT2D eigenvalue weighted by Gasteiger charge is 2.08. The number of nitrogens with zero attached hydrogens (tertiary/aromatic N) is 2. The van der Waals surface area contributed by atoms with Crippen molar-refractivity contribution in [1.29, 1.82) is 5.26 Å². The van der Waals surface area contributed by atoms with Crippen LogP contribution in [0.15, 0.2) is 48.8 Å². The Morgan fingerprint density at radius 1 is 1.15 bits per heavy atom. The highest BCUT2D eigenvalue weighted by atomic mass is 16.5. The summed E-state index contributed by atoms with van der Waals surface area (Å²) < 4.78 is 5.38. The summed E-state index contributed by atoms with van der Waals surface area (Å²) in [4.78, 5) is 3.94. The Morgan fingerprint density at radius 3 is 2.35 bits per heavy atom. The number of rotatable bonds is 4. The van der Waals surface area contributed by atoms with E-state index in [1.165, 1.54) is 0 Å². The number of nitriles is 1. The number of ether oxygens (including phenoxy) is 1. The van der Waals surface area contributed by atoms with Crippen LogP contribution in [0.4, 0.5) is 0 Å². The molecule has 0 aliphatic heterocycles. The highest BCUT2D eigenvalue weighted by Crippen LogP contribution is 2.23. The fourth-order valence-corrected chi connectivity index (χ4v) is 1.84. The van der Waals surface area contributed by atoms with Gasteiger partial charge in [-0.05, 0) is 54.4 Å². The van der Waals surface area contributed by atoms with E-state index < -0.39 is 0 Å². The fourth-order valence-electron chi connectivity index (χ4n) is 1.84. The van der Waals surface area contributed by atoms with Crippen molar-refractivity contribution in [3.63, 3.8) is 0 Å². The normalized spacial score (nSPS) is 11.4. The van der Waals surface area contributed by atoms with Crippen LogP contribution in [0.2, 0.25) is 0 Å². The first kappa shape index (κ1) is 13.6. The summed E-state index contributed by atoms with van der Waals surface area (Å²) in [5.74, 6) is 0.784. The van der Waals surface area contributed by atoms with Crippen LogP contribution in [0.3, 0.4) is 0 Å². The van der Waals surface area contributed by atoms with Gasteiger partial charge in [-0.2, -0.15) is 5.26 Å². The molecule has 4 nitrogen and oxygen atoms in total. The summed E-state index contributed by atoms with van der Waals surface area (Å²) in [6.07, 6.45) is 3.27. The third kappa shape index (κ3) is 2.96. The van der Waals surface area contributed by atoms with Gasteiger partial charge in [-0.1, -0.05) is 0 Å². The minimum Gasteiger partial charge on any atom is -0.494 e. The molecule has 1 aromatic carbocycles. The minimum absolute atomic E-state index is 0.441. The van der Waals surface area contributed by atoms with Gasteiger partial charge in [0.25, 0.3) is 0 Å². The standard InChI is InChI=1S/C16H15N3O/c1-2-20-14-5-3-13(4-6-14)16(18)15(11-17)12-7-9-19-10-8-12/h3-10H,2,18H2,1H3/b16-15+. The van der Waals surface area contributed by atoms with Crippen molar-refractivity contribution < 1.29 is 4.74 Å². The van der Waals surface area contributed by atoms with Gasteiger partial charge in [0.05, 0.1) is 17.9 Å². The average Bonchev–Trinajstić information content (AvgIpc) is 2.50. The average molecular weight is 265 g/mol. The van der Waals surface area contributed by atoms with Crippen molar-refractivity contribution in [3.8, 4) is 11.8 Å². The molecule has 2 aromatic rings. The maximum Gasteiger partial charge on any atom is 0.119 e. The number of benzene rings is 1. The lowest BCUT2D eigenvalue weighted by atomic mass is 10.0. The largest absolute Gasteiger partial charge is 0.494 e. The van der Waals surface area contributed by atoms with Gasteiger partial charge in [-0.25, -0.2) is 0 Å². The number of nitrogens with two attached hydrogens (primary N) is 1. The van der Waals surface area contributed by atoms with Gasteiger partial charge in [0.15, 0.2) is 0 Å². The van der Waals surface area contributed by atoms with Crippen LogP contribution in [-0.2, 0) is 0 Å². The molecule has 1 heterocycles. The van der Waals surface area contributed by atoms with E-state index in [2.05, 4.69) is 11.1 Å². The summed E-state index contributed by atoms with van der Waals surface area (Å²) >= 11 is 0. The lowest BCUT2D eigenvalue weighted by Crippen LogP contribution is -2.01. The summed E-state index contributed by atoms with van der Waals surface area (Å²) in [5, 5.41) is 9.32. The second-order valence-corrected chi connectivity index (χ2v) is 4.09. The molecule has 100 valence electrons. The number of hydrogen-bond donors (Lipinski definition) is 1. The predicted molar refractivity (Wildman–Crippen MR) is 78.5 cm³/mol.